The number of carbonyl (C=O) groups excluding carboxylic acids is 3. The maximum absolute atomic E-state index is 12.0. The molecule has 0 radical (unpaired) electrons. The fraction of sp³-hybridized carbons (Fsp3) is 0.632. The Morgan fingerprint density at radius 2 is 2.15 bits per heavy atom. The summed E-state index contributed by atoms with van der Waals surface area (Å²) in [6.45, 7) is 6.56. The highest BCUT2D eigenvalue weighted by Gasteiger charge is 2.45. The highest BCUT2D eigenvalue weighted by atomic mass is 16.6. The van der Waals surface area contributed by atoms with Crippen molar-refractivity contribution in [2.75, 3.05) is 13.2 Å². The van der Waals surface area contributed by atoms with E-state index in [1.165, 1.54) is 6.92 Å². The Labute approximate surface area is 153 Å². The van der Waals surface area contributed by atoms with Crippen molar-refractivity contribution in [1.29, 1.82) is 0 Å². The number of ether oxygens (including phenoxy) is 3. The average molecular weight is 366 g/mol. The third kappa shape index (κ3) is 5.17. The molecule has 4 atom stereocenters. The molecule has 0 bridgehead atoms. The largest absolute Gasteiger partial charge is 0.461 e. The first-order chi connectivity index (χ1) is 12.3. The van der Waals surface area contributed by atoms with Gasteiger partial charge >= 0.3 is 17.9 Å². The van der Waals surface area contributed by atoms with Gasteiger partial charge < -0.3 is 19.3 Å². The molecule has 2 rings (SSSR count). The molecule has 1 aliphatic carbocycles. The zero-order valence-electron chi connectivity index (χ0n) is 15.2. The Morgan fingerprint density at radius 3 is 2.81 bits per heavy atom. The molecular formula is C19H26O7. The molecule has 0 spiro atoms. The molecule has 4 unspecified atom stereocenters. The summed E-state index contributed by atoms with van der Waals surface area (Å²) in [4.78, 5) is 34.9. The summed E-state index contributed by atoms with van der Waals surface area (Å²) < 4.78 is 16.0. The molecule has 0 saturated carbocycles. The molecule has 0 aromatic carbocycles. The maximum Gasteiger partial charge on any atom is 0.334 e. The minimum Gasteiger partial charge on any atom is -0.461 e. The first-order valence-electron chi connectivity index (χ1n) is 8.83. The number of hydrogen-bond acceptors (Lipinski definition) is 7. The summed E-state index contributed by atoms with van der Waals surface area (Å²) in [5, 5.41) is 9.06. The summed E-state index contributed by atoms with van der Waals surface area (Å²) in [6.07, 6.45) is 3.46. The number of carbonyl (C=O) groups is 3. The number of hydrogen-bond donors (Lipinski definition) is 1. The quantitative estimate of drug-likeness (QED) is 0.350. The molecule has 1 saturated heterocycles. The molecule has 1 heterocycles. The van der Waals surface area contributed by atoms with Gasteiger partial charge in [0.15, 0.2) is 0 Å². The second-order valence-corrected chi connectivity index (χ2v) is 6.95. The summed E-state index contributed by atoms with van der Waals surface area (Å²) in [5.41, 5.74) is 1.07. The van der Waals surface area contributed by atoms with E-state index in [9.17, 15) is 14.4 Å². The van der Waals surface area contributed by atoms with Crippen LogP contribution in [0, 0.1) is 11.8 Å². The van der Waals surface area contributed by atoms with Crippen molar-refractivity contribution < 1.29 is 33.7 Å². The second-order valence-electron chi connectivity index (χ2n) is 6.95. The molecule has 7 nitrogen and oxygen atoms in total. The minimum absolute atomic E-state index is 0.0928. The highest BCUT2D eigenvalue weighted by molar-refractivity contribution is 5.91. The third-order valence-corrected chi connectivity index (χ3v) is 4.79. The van der Waals surface area contributed by atoms with E-state index in [-0.39, 0.29) is 18.6 Å². The lowest BCUT2D eigenvalue weighted by atomic mass is 9.82. The van der Waals surface area contributed by atoms with Gasteiger partial charge in [-0.25, -0.2) is 9.59 Å². The fourth-order valence-corrected chi connectivity index (χ4v) is 3.49. The topological polar surface area (TPSA) is 99.1 Å². The Balaban J connectivity index is 2.31. The molecule has 1 fully saturated rings. The average Bonchev–Trinajstić information content (AvgIpc) is 2.85. The van der Waals surface area contributed by atoms with E-state index in [0.29, 0.717) is 12.3 Å². The van der Waals surface area contributed by atoms with Gasteiger partial charge in [-0.2, -0.15) is 0 Å². The molecule has 0 aromatic heterocycles. The lowest BCUT2D eigenvalue weighted by Crippen LogP contribution is -2.36. The molecular weight excluding hydrogens is 340 g/mol. The van der Waals surface area contributed by atoms with Gasteiger partial charge in [-0.15, -0.1) is 0 Å². The van der Waals surface area contributed by atoms with Crippen LogP contribution in [0.4, 0.5) is 0 Å². The minimum atomic E-state index is -0.780. The summed E-state index contributed by atoms with van der Waals surface area (Å²) in [5.74, 6) is -1.86. The summed E-state index contributed by atoms with van der Waals surface area (Å²) in [6, 6.07) is 0. The SMILES string of the molecule is C=C1C(=O)OC2CC(C)CCC=C(COC(C)=O)CC(OC(=O)CO)C12. The highest BCUT2D eigenvalue weighted by Crippen LogP contribution is 2.38. The molecule has 0 aromatic rings. The van der Waals surface area contributed by atoms with Gasteiger partial charge in [-0.05, 0) is 30.8 Å². The van der Waals surface area contributed by atoms with Crippen molar-refractivity contribution in [3.05, 3.63) is 23.8 Å². The lowest BCUT2D eigenvalue weighted by Gasteiger charge is -2.30. The van der Waals surface area contributed by atoms with Crippen LogP contribution in [0.2, 0.25) is 0 Å². The van der Waals surface area contributed by atoms with Gasteiger partial charge in [0.05, 0.1) is 5.92 Å². The monoisotopic (exact) mass is 366 g/mol. The van der Waals surface area contributed by atoms with Crippen molar-refractivity contribution in [1.82, 2.24) is 0 Å². The number of esters is 3. The van der Waals surface area contributed by atoms with Gasteiger partial charge in [-0.3, -0.25) is 4.79 Å². The Kier molecular flexibility index (Phi) is 6.97. The Hall–Kier alpha value is -2.15. The number of rotatable bonds is 4. The van der Waals surface area contributed by atoms with E-state index in [1.807, 2.05) is 6.08 Å². The summed E-state index contributed by atoms with van der Waals surface area (Å²) in [7, 11) is 0. The van der Waals surface area contributed by atoms with Gasteiger partial charge in [0, 0.05) is 18.9 Å². The van der Waals surface area contributed by atoms with Gasteiger partial charge in [-0.1, -0.05) is 19.6 Å². The van der Waals surface area contributed by atoms with Crippen molar-refractivity contribution in [3.63, 3.8) is 0 Å². The van der Waals surface area contributed by atoms with Crippen molar-refractivity contribution >= 4 is 17.9 Å². The normalized spacial score (nSPS) is 29.3. The molecule has 2 aliphatic rings. The Bertz CT molecular complexity index is 607. The van der Waals surface area contributed by atoms with E-state index < -0.39 is 42.6 Å². The van der Waals surface area contributed by atoms with Crippen LogP contribution in [-0.4, -0.2) is 48.4 Å². The Morgan fingerprint density at radius 1 is 1.42 bits per heavy atom. The molecule has 1 N–H and O–H groups in total. The zero-order valence-corrected chi connectivity index (χ0v) is 15.2. The van der Waals surface area contributed by atoms with Crippen LogP contribution in [0.1, 0.15) is 39.5 Å². The predicted molar refractivity (Wildman–Crippen MR) is 91.8 cm³/mol. The summed E-state index contributed by atoms with van der Waals surface area (Å²) >= 11 is 0. The first-order valence-corrected chi connectivity index (χ1v) is 8.83. The van der Waals surface area contributed by atoms with Crippen LogP contribution >= 0.6 is 0 Å². The number of aliphatic hydroxyl groups excluding tert-OH is 1. The standard InChI is InChI=1S/C19H26O7/c1-11-5-4-6-14(10-24-13(3)21)8-16(25-17(22)9-20)18-12(2)19(23)26-15(18)7-11/h6,11,15-16,18,20H,2,4-5,7-10H2,1,3H3. The maximum atomic E-state index is 12.0. The van der Waals surface area contributed by atoms with Crippen molar-refractivity contribution in [3.8, 4) is 0 Å². The molecule has 26 heavy (non-hydrogen) atoms. The molecule has 144 valence electrons. The van der Waals surface area contributed by atoms with E-state index in [4.69, 9.17) is 19.3 Å². The van der Waals surface area contributed by atoms with Gasteiger partial charge in [0.1, 0.15) is 25.4 Å². The van der Waals surface area contributed by atoms with Gasteiger partial charge in [0.25, 0.3) is 0 Å². The number of allylic oxidation sites excluding steroid dienone is 1. The smallest absolute Gasteiger partial charge is 0.334 e. The van der Waals surface area contributed by atoms with Gasteiger partial charge in [0.2, 0.25) is 0 Å². The number of aliphatic hydroxyl groups is 1. The predicted octanol–water partition coefficient (Wildman–Crippen LogP) is 1.69. The van der Waals surface area contributed by atoms with Crippen LogP contribution < -0.4 is 0 Å². The van der Waals surface area contributed by atoms with Crippen LogP contribution in [0.5, 0.6) is 0 Å². The zero-order chi connectivity index (χ0) is 19.3. The first kappa shape index (κ1) is 20.2. The molecule has 1 aliphatic heterocycles. The van der Waals surface area contributed by atoms with E-state index in [0.717, 1.165) is 18.4 Å². The third-order valence-electron chi connectivity index (χ3n) is 4.79. The van der Waals surface area contributed by atoms with Crippen LogP contribution in [0.3, 0.4) is 0 Å². The van der Waals surface area contributed by atoms with E-state index >= 15 is 0 Å². The number of fused-ring (bicyclic) bond motifs is 1. The van der Waals surface area contributed by atoms with Crippen molar-refractivity contribution in [2.24, 2.45) is 11.8 Å². The van der Waals surface area contributed by atoms with E-state index in [2.05, 4.69) is 13.5 Å². The fourth-order valence-electron chi connectivity index (χ4n) is 3.49. The lowest BCUT2D eigenvalue weighted by molar-refractivity contribution is -0.156. The molecule has 7 heteroatoms. The van der Waals surface area contributed by atoms with Crippen LogP contribution in [0.25, 0.3) is 0 Å². The van der Waals surface area contributed by atoms with Crippen molar-refractivity contribution in [2.45, 2.75) is 51.7 Å². The van der Waals surface area contributed by atoms with E-state index in [1.54, 1.807) is 0 Å². The van der Waals surface area contributed by atoms with Crippen LogP contribution in [0.15, 0.2) is 23.8 Å². The molecule has 0 amide bonds. The second kappa shape index (κ2) is 8.98. The van der Waals surface area contributed by atoms with Crippen LogP contribution in [-0.2, 0) is 28.6 Å².